The Morgan fingerprint density at radius 3 is 2.38 bits per heavy atom. The number of rotatable bonds is 8. The number of hydrogen-bond acceptors (Lipinski definition) is 4. The highest BCUT2D eigenvalue weighted by atomic mass is 32.2. The van der Waals surface area contributed by atoms with Crippen LogP contribution in [0.5, 0.6) is 0 Å². The van der Waals surface area contributed by atoms with Crippen LogP contribution < -0.4 is 5.32 Å². The molecule has 1 fully saturated rings. The van der Waals surface area contributed by atoms with Crippen LogP contribution in [0.3, 0.4) is 0 Å². The molecule has 0 spiro atoms. The van der Waals surface area contributed by atoms with Crippen LogP contribution >= 0.6 is 0 Å². The fraction of sp³-hybridized carbons (Fsp3) is 0.600. The van der Waals surface area contributed by atoms with Gasteiger partial charge in [0.1, 0.15) is 0 Å². The van der Waals surface area contributed by atoms with E-state index >= 15 is 0 Å². The smallest absolute Gasteiger partial charge is 0.243 e. The van der Waals surface area contributed by atoms with Crippen LogP contribution in [0.4, 0.5) is 0 Å². The van der Waals surface area contributed by atoms with Gasteiger partial charge >= 0.3 is 0 Å². The van der Waals surface area contributed by atoms with Gasteiger partial charge in [0.05, 0.1) is 11.5 Å². The molecule has 0 atom stereocenters. The number of aliphatic hydroxyl groups excluding tert-OH is 1. The Balaban J connectivity index is 2.10. The van der Waals surface area contributed by atoms with E-state index in [1.54, 1.807) is 26.0 Å². The maximum atomic E-state index is 12.6. The van der Waals surface area contributed by atoms with Crippen molar-refractivity contribution in [2.45, 2.75) is 50.2 Å². The first-order chi connectivity index (χ1) is 9.95. The lowest BCUT2D eigenvalue weighted by atomic mass is 10.2. The summed E-state index contributed by atoms with van der Waals surface area (Å²) in [7, 11) is -3.55. The number of nitrogens with zero attached hydrogens (tertiary/aromatic N) is 1. The van der Waals surface area contributed by atoms with Crippen LogP contribution in [-0.2, 0) is 16.6 Å². The molecule has 1 aliphatic rings. The molecule has 0 aromatic heterocycles. The van der Waals surface area contributed by atoms with E-state index < -0.39 is 10.0 Å². The van der Waals surface area contributed by atoms with Crippen molar-refractivity contribution in [1.29, 1.82) is 0 Å². The topological polar surface area (TPSA) is 69.6 Å². The molecule has 0 bridgehead atoms. The van der Waals surface area contributed by atoms with Crippen molar-refractivity contribution in [2.24, 2.45) is 0 Å². The van der Waals surface area contributed by atoms with Gasteiger partial charge in [0.15, 0.2) is 0 Å². The van der Waals surface area contributed by atoms with Crippen LogP contribution in [0.25, 0.3) is 0 Å². The van der Waals surface area contributed by atoms with Crippen molar-refractivity contribution in [3.63, 3.8) is 0 Å². The minimum absolute atomic E-state index is 0.116. The largest absolute Gasteiger partial charge is 0.395 e. The first-order valence-electron chi connectivity index (χ1n) is 7.40. The van der Waals surface area contributed by atoms with Crippen molar-refractivity contribution in [3.8, 4) is 0 Å². The second-order valence-corrected chi connectivity index (χ2v) is 7.62. The van der Waals surface area contributed by atoms with Crippen LogP contribution in [-0.4, -0.2) is 43.1 Å². The van der Waals surface area contributed by atoms with Gasteiger partial charge in [-0.3, -0.25) is 0 Å². The second-order valence-electron chi connectivity index (χ2n) is 5.73. The summed E-state index contributed by atoms with van der Waals surface area (Å²) >= 11 is 0. The summed E-state index contributed by atoms with van der Waals surface area (Å²) in [6.07, 6.45) is 2.47. The maximum absolute atomic E-state index is 12.6. The molecule has 21 heavy (non-hydrogen) atoms. The van der Waals surface area contributed by atoms with Gasteiger partial charge < -0.3 is 10.4 Å². The van der Waals surface area contributed by atoms with Gasteiger partial charge in [-0.2, -0.15) is 4.31 Å². The predicted molar refractivity (Wildman–Crippen MR) is 82.4 cm³/mol. The average Bonchev–Trinajstić information content (AvgIpc) is 3.26. The zero-order valence-electron chi connectivity index (χ0n) is 12.6. The van der Waals surface area contributed by atoms with Crippen molar-refractivity contribution >= 4 is 10.0 Å². The zero-order chi connectivity index (χ0) is 15.5. The van der Waals surface area contributed by atoms with Crippen molar-refractivity contribution in [3.05, 3.63) is 29.8 Å². The quantitative estimate of drug-likeness (QED) is 0.760. The Hall–Kier alpha value is -0.950. The molecule has 6 heteroatoms. The van der Waals surface area contributed by atoms with Crippen LogP contribution in [0.1, 0.15) is 32.3 Å². The average molecular weight is 312 g/mol. The first kappa shape index (κ1) is 16.4. The van der Waals surface area contributed by atoms with E-state index in [0.717, 1.165) is 12.1 Å². The van der Waals surface area contributed by atoms with Crippen molar-refractivity contribution in [1.82, 2.24) is 9.62 Å². The lowest BCUT2D eigenvalue weighted by Crippen LogP contribution is -2.38. The molecule has 1 aliphatic carbocycles. The minimum Gasteiger partial charge on any atom is -0.395 e. The summed E-state index contributed by atoms with van der Waals surface area (Å²) in [5.41, 5.74) is 1.08. The van der Waals surface area contributed by atoms with Gasteiger partial charge in [-0.1, -0.05) is 12.1 Å². The molecule has 2 N–H and O–H groups in total. The normalized spacial score (nSPS) is 15.9. The fourth-order valence-corrected chi connectivity index (χ4v) is 3.85. The highest BCUT2D eigenvalue weighted by Crippen LogP contribution is 2.21. The van der Waals surface area contributed by atoms with E-state index in [1.807, 2.05) is 12.1 Å². The standard InChI is InChI=1S/C15H24N2O3S/c1-12(2)17(9-10-18)21(19,20)15-7-3-13(4-8-15)11-16-14-5-6-14/h3-4,7-8,12,14,16,18H,5-6,9-11H2,1-2H3. The summed E-state index contributed by atoms with van der Waals surface area (Å²) in [4.78, 5) is 0.278. The van der Waals surface area contributed by atoms with E-state index in [-0.39, 0.29) is 24.1 Å². The molecule has 1 aromatic carbocycles. The lowest BCUT2D eigenvalue weighted by molar-refractivity contribution is 0.236. The zero-order valence-corrected chi connectivity index (χ0v) is 13.4. The first-order valence-corrected chi connectivity index (χ1v) is 8.84. The Morgan fingerprint density at radius 1 is 1.29 bits per heavy atom. The molecule has 0 amide bonds. The summed E-state index contributed by atoms with van der Waals surface area (Å²) in [5.74, 6) is 0. The third-order valence-electron chi connectivity index (χ3n) is 3.60. The molecule has 0 radical (unpaired) electrons. The molecule has 0 unspecified atom stereocenters. The summed E-state index contributed by atoms with van der Waals surface area (Å²) in [6, 6.07) is 7.44. The summed E-state index contributed by atoms with van der Waals surface area (Å²) < 4.78 is 26.4. The van der Waals surface area contributed by atoms with Gasteiger partial charge in [0.2, 0.25) is 10.0 Å². The number of benzene rings is 1. The maximum Gasteiger partial charge on any atom is 0.243 e. The van der Waals surface area contributed by atoms with Gasteiger partial charge in [0, 0.05) is 25.2 Å². The van der Waals surface area contributed by atoms with E-state index in [9.17, 15) is 8.42 Å². The van der Waals surface area contributed by atoms with Crippen LogP contribution in [0.15, 0.2) is 29.2 Å². The Labute approximate surface area is 127 Å². The minimum atomic E-state index is -3.55. The second kappa shape index (κ2) is 6.87. The van der Waals surface area contributed by atoms with E-state index in [0.29, 0.717) is 6.04 Å². The van der Waals surface area contributed by atoms with E-state index in [1.165, 1.54) is 17.1 Å². The molecule has 0 heterocycles. The van der Waals surface area contributed by atoms with Gasteiger partial charge in [-0.25, -0.2) is 8.42 Å². The summed E-state index contributed by atoms with van der Waals surface area (Å²) in [5, 5.41) is 12.5. The third kappa shape index (κ3) is 4.26. The molecule has 118 valence electrons. The number of sulfonamides is 1. The highest BCUT2D eigenvalue weighted by Gasteiger charge is 2.26. The molecule has 0 saturated heterocycles. The molecule has 5 nitrogen and oxygen atoms in total. The summed E-state index contributed by atoms with van der Waals surface area (Å²) in [6.45, 7) is 4.32. The highest BCUT2D eigenvalue weighted by molar-refractivity contribution is 7.89. The predicted octanol–water partition coefficient (Wildman–Crippen LogP) is 1.33. The monoisotopic (exact) mass is 312 g/mol. The Bertz CT molecular complexity index is 551. The van der Waals surface area contributed by atoms with Gasteiger partial charge in [-0.05, 0) is 44.4 Å². The molecule has 1 saturated carbocycles. The molecule has 2 rings (SSSR count). The number of aliphatic hydroxyl groups is 1. The SMILES string of the molecule is CC(C)N(CCO)S(=O)(=O)c1ccc(CNC2CC2)cc1. The van der Waals surface area contributed by atoms with E-state index in [2.05, 4.69) is 5.32 Å². The third-order valence-corrected chi connectivity index (χ3v) is 5.69. The van der Waals surface area contributed by atoms with Crippen molar-refractivity contribution < 1.29 is 13.5 Å². The van der Waals surface area contributed by atoms with Gasteiger partial charge in [-0.15, -0.1) is 0 Å². The molecular formula is C15H24N2O3S. The number of nitrogens with one attached hydrogen (secondary N) is 1. The Kier molecular flexibility index (Phi) is 5.37. The van der Waals surface area contributed by atoms with Crippen molar-refractivity contribution in [2.75, 3.05) is 13.2 Å². The van der Waals surface area contributed by atoms with Gasteiger partial charge in [0.25, 0.3) is 0 Å². The molecular weight excluding hydrogens is 288 g/mol. The Morgan fingerprint density at radius 2 is 1.90 bits per heavy atom. The molecule has 1 aromatic rings. The van der Waals surface area contributed by atoms with Crippen LogP contribution in [0, 0.1) is 0 Å². The van der Waals surface area contributed by atoms with Crippen LogP contribution in [0.2, 0.25) is 0 Å². The molecule has 0 aliphatic heterocycles. The van der Waals surface area contributed by atoms with E-state index in [4.69, 9.17) is 5.11 Å². The number of hydrogen-bond donors (Lipinski definition) is 2. The lowest BCUT2D eigenvalue weighted by Gasteiger charge is -2.25. The fourth-order valence-electron chi connectivity index (χ4n) is 2.22.